The van der Waals surface area contributed by atoms with Crippen molar-refractivity contribution in [3.05, 3.63) is 50.9 Å². The molecule has 0 radical (unpaired) electrons. The van der Waals surface area contributed by atoms with Crippen molar-refractivity contribution in [1.29, 1.82) is 0 Å². The lowest BCUT2D eigenvalue weighted by molar-refractivity contribution is 0.462. The van der Waals surface area contributed by atoms with Gasteiger partial charge in [0.2, 0.25) is 10.0 Å². The van der Waals surface area contributed by atoms with Gasteiger partial charge in [0.15, 0.2) is 0 Å². The van der Waals surface area contributed by atoms with E-state index < -0.39 is 15.8 Å². The molecule has 0 atom stereocenters. The molecular weight excluding hydrogens is 353 g/mol. The summed E-state index contributed by atoms with van der Waals surface area (Å²) in [4.78, 5) is 0.586. The van der Waals surface area contributed by atoms with Crippen molar-refractivity contribution in [1.82, 2.24) is 4.31 Å². The number of hydrogen-bond acceptors (Lipinski definition) is 3. The van der Waals surface area contributed by atoms with Crippen molar-refractivity contribution in [2.75, 3.05) is 7.05 Å². The molecule has 1 aromatic heterocycles. The third kappa shape index (κ3) is 3.22. The van der Waals surface area contributed by atoms with E-state index in [1.807, 2.05) is 12.1 Å². The van der Waals surface area contributed by atoms with E-state index in [1.165, 1.54) is 36.6 Å². The van der Waals surface area contributed by atoms with Crippen molar-refractivity contribution in [2.45, 2.75) is 11.4 Å². The molecule has 19 heavy (non-hydrogen) atoms. The molecule has 0 saturated carbocycles. The van der Waals surface area contributed by atoms with E-state index in [0.29, 0.717) is 0 Å². The molecule has 7 heteroatoms. The van der Waals surface area contributed by atoms with Crippen LogP contribution >= 0.6 is 27.3 Å². The Kier molecular flexibility index (Phi) is 4.39. The lowest BCUT2D eigenvalue weighted by Crippen LogP contribution is -2.26. The summed E-state index contributed by atoms with van der Waals surface area (Å²) in [5.74, 6) is -0.735. The van der Waals surface area contributed by atoms with Gasteiger partial charge in [0.25, 0.3) is 0 Å². The fourth-order valence-electron chi connectivity index (χ4n) is 1.56. The highest BCUT2D eigenvalue weighted by Gasteiger charge is 2.24. The van der Waals surface area contributed by atoms with Crippen molar-refractivity contribution < 1.29 is 12.8 Å². The molecule has 102 valence electrons. The normalized spacial score (nSPS) is 12.0. The predicted octanol–water partition coefficient (Wildman–Crippen LogP) is 3.47. The molecule has 0 unspecified atom stereocenters. The van der Waals surface area contributed by atoms with Crippen LogP contribution in [-0.4, -0.2) is 19.8 Å². The van der Waals surface area contributed by atoms with E-state index in [9.17, 15) is 12.8 Å². The Labute approximate surface area is 123 Å². The van der Waals surface area contributed by atoms with Gasteiger partial charge in [-0.05, 0) is 40.2 Å². The maximum Gasteiger partial charge on any atom is 0.246 e. The van der Waals surface area contributed by atoms with Gasteiger partial charge in [0.05, 0.1) is 3.79 Å². The Morgan fingerprint density at radius 3 is 2.53 bits per heavy atom. The second-order valence-corrected chi connectivity index (χ2v) is 8.46. The van der Waals surface area contributed by atoms with E-state index in [4.69, 9.17) is 0 Å². The highest BCUT2D eigenvalue weighted by molar-refractivity contribution is 9.11. The van der Waals surface area contributed by atoms with Crippen molar-refractivity contribution in [2.24, 2.45) is 0 Å². The molecule has 0 aliphatic heterocycles. The van der Waals surface area contributed by atoms with Crippen LogP contribution in [0.4, 0.5) is 4.39 Å². The summed E-state index contributed by atoms with van der Waals surface area (Å²) in [5, 5.41) is 0. The minimum absolute atomic E-state index is 0.215. The van der Waals surface area contributed by atoms with E-state index in [0.717, 1.165) is 19.0 Å². The number of sulfonamides is 1. The molecule has 0 saturated heterocycles. The molecule has 0 spiro atoms. The monoisotopic (exact) mass is 363 g/mol. The van der Waals surface area contributed by atoms with Gasteiger partial charge in [-0.3, -0.25) is 0 Å². The predicted molar refractivity (Wildman–Crippen MR) is 77.1 cm³/mol. The summed E-state index contributed by atoms with van der Waals surface area (Å²) in [5.41, 5.74) is 0. The average Bonchev–Trinajstić information content (AvgIpc) is 2.75. The maximum atomic E-state index is 13.6. The first-order valence-corrected chi connectivity index (χ1v) is 8.41. The van der Waals surface area contributed by atoms with E-state index in [1.54, 1.807) is 0 Å². The smallest absolute Gasteiger partial charge is 0.207 e. The number of thiophene rings is 1. The first kappa shape index (κ1) is 14.6. The van der Waals surface area contributed by atoms with Gasteiger partial charge in [-0.25, -0.2) is 12.8 Å². The molecular formula is C12H11BrFNO2S2. The molecule has 0 N–H and O–H groups in total. The zero-order valence-electron chi connectivity index (χ0n) is 10.0. The van der Waals surface area contributed by atoms with E-state index >= 15 is 0 Å². The Hall–Kier alpha value is -0.760. The number of rotatable bonds is 4. The molecule has 0 bridgehead atoms. The third-order valence-corrected chi connectivity index (χ3v) is 5.98. The van der Waals surface area contributed by atoms with Crippen LogP contribution in [0.25, 0.3) is 0 Å². The standard InChI is InChI=1S/C12H11BrFNO2S2/c1-15(8-9-6-7-12(13)18-9)19(16,17)11-5-3-2-4-10(11)14/h2-7H,8H2,1H3. The Balaban J connectivity index is 2.27. The summed E-state index contributed by atoms with van der Waals surface area (Å²) in [6.07, 6.45) is 0. The SMILES string of the molecule is CN(Cc1ccc(Br)s1)S(=O)(=O)c1ccccc1F. The number of benzene rings is 1. The van der Waals surface area contributed by atoms with Gasteiger partial charge in [-0.15, -0.1) is 11.3 Å². The van der Waals surface area contributed by atoms with Crippen molar-refractivity contribution in [3.8, 4) is 0 Å². The lowest BCUT2D eigenvalue weighted by atomic mass is 10.4. The zero-order valence-corrected chi connectivity index (χ0v) is 13.2. The Morgan fingerprint density at radius 2 is 1.95 bits per heavy atom. The fourth-order valence-corrected chi connectivity index (χ4v) is 4.39. The average molecular weight is 364 g/mol. The van der Waals surface area contributed by atoms with Crippen LogP contribution in [0.2, 0.25) is 0 Å². The first-order valence-electron chi connectivity index (χ1n) is 5.36. The molecule has 2 rings (SSSR count). The molecule has 1 aromatic carbocycles. The summed E-state index contributed by atoms with van der Waals surface area (Å²) in [6, 6.07) is 9.07. The van der Waals surface area contributed by atoms with Crippen LogP contribution in [0.5, 0.6) is 0 Å². The van der Waals surface area contributed by atoms with E-state index in [2.05, 4.69) is 15.9 Å². The molecule has 3 nitrogen and oxygen atoms in total. The first-order chi connectivity index (χ1) is 8.91. The molecule has 0 aliphatic rings. The van der Waals surface area contributed by atoms with Gasteiger partial charge in [0, 0.05) is 18.5 Å². The van der Waals surface area contributed by atoms with Gasteiger partial charge < -0.3 is 0 Å². The van der Waals surface area contributed by atoms with Gasteiger partial charge in [-0.1, -0.05) is 12.1 Å². The van der Waals surface area contributed by atoms with Crippen molar-refractivity contribution in [3.63, 3.8) is 0 Å². The minimum Gasteiger partial charge on any atom is -0.207 e. The molecule has 0 aliphatic carbocycles. The summed E-state index contributed by atoms with van der Waals surface area (Å²) < 4.78 is 40.1. The van der Waals surface area contributed by atoms with Crippen molar-refractivity contribution >= 4 is 37.3 Å². The largest absolute Gasteiger partial charge is 0.246 e. The van der Waals surface area contributed by atoms with Crippen LogP contribution in [0.1, 0.15) is 4.88 Å². The lowest BCUT2D eigenvalue weighted by Gasteiger charge is -2.16. The number of nitrogens with zero attached hydrogens (tertiary/aromatic N) is 1. The maximum absolute atomic E-state index is 13.6. The number of halogens is 2. The van der Waals surface area contributed by atoms with Crippen LogP contribution in [-0.2, 0) is 16.6 Å². The van der Waals surface area contributed by atoms with Gasteiger partial charge in [-0.2, -0.15) is 4.31 Å². The highest BCUT2D eigenvalue weighted by atomic mass is 79.9. The molecule has 0 fully saturated rings. The highest BCUT2D eigenvalue weighted by Crippen LogP contribution is 2.25. The second kappa shape index (κ2) is 5.70. The van der Waals surface area contributed by atoms with E-state index in [-0.39, 0.29) is 11.4 Å². The fraction of sp³-hybridized carbons (Fsp3) is 0.167. The summed E-state index contributed by atoms with van der Waals surface area (Å²) in [7, 11) is -2.37. The zero-order chi connectivity index (χ0) is 14.0. The van der Waals surface area contributed by atoms with Crippen LogP contribution < -0.4 is 0 Å². The van der Waals surface area contributed by atoms with Gasteiger partial charge in [0.1, 0.15) is 10.7 Å². The summed E-state index contributed by atoms with van der Waals surface area (Å²) >= 11 is 4.77. The Morgan fingerprint density at radius 1 is 1.26 bits per heavy atom. The molecule has 0 amide bonds. The molecule has 1 heterocycles. The Bertz CT molecular complexity index is 685. The van der Waals surface area contributed by atoms with Crippen LogP contribution in [0.15, 0.2) is 45.1 Å². The molecule has 2 aromatic rings. The van der Waals surface area contributed by atoms with Crippen LogP contribution in [0, 0.1) is 5.82 Å². The minimum atomic E-state index is -3.81. The third-order valence-electron chi connectivity index (χ3n) is 2.53. The number of hydrogen-bond donors (Lipinski definition) is 0. The second-order valence-electron chi connectivity index (χ2n) is 3.90. The summed E-state index contributed by atoms with van der Waals surface area (Å²) in [6.45, 7) is 0.215. The van der Waals surface area contributed by atoms with Gasteiger partial charge >= 0.3 is 0 Å². The quantitative estimate of drug-likeness (QED) is 0.833. The topological polar surface area (TPSA) is 37.4 Å². The van der Waals surface area contributed by atoms with Crippen LogP contribution in [0.3, 0.4) is 0 Å².